The predicted molar refractivity (Wildman–Crippen MR) is 71.7 cm³/mol. The highest BCUT2D eigenvalue weighted by molar-refractivity contribution is 7.80. The Balaban J connectivity index is 2.23. The fourth-order valence-electron chi connectivity index (χ4n) is 1.27. The molecule has 0 saturated carbocycles. The first-order chi connectivity index (χ1) is 7.66. The number of rotatable bonds is 3. The lowest BCUT2D eigenvalue weighted by molar-refractivity contribution is 1.14. The summed E-state index contributed by atoms with van der Waals surface area (Å²) in [4.78, 5) is 0.753. The van der Waals surface area contributed by atoms with Gasteiger partial charge in [0.25, 0.3) is 0 Å². The van der Waals surface area contributed by atoms with E-state index in [4.69, 9.17) is 12.2 Å². The van der Waals surface area contributed by atoms with Gasteiger partial charge in [0.05, 0.1) is 0 Å². The molecule has 1 N–H and O–H groups in total. The van der Waals surface area contributed by atoms with Crippen LogP contribution in [0.2, 0.25) is 0 Å². The topological polar surface area (TPSA) is 37.8 Å². The van der Waals surface area contributed by atoms with Crippen LogP contribution in [0.25, 0.3) is 0 Å². The third kappa shape index (κ3) is 2.43. The fraction of sp³-hybridized carbons (Fsp3) is 0.182. The summed E-state index contributed by atoms with van der Waals surface area (Å²) in [7, 11) is 0. The number of aromatic nitrogens is 2. The maximum absolute atomic E-state index is 5.10. The fourth-order valence-corrected chi connectivity index (χ4v) is 2.13. The average Bonchev–Trinajstić information content (AvgIpc) is 2.69. The summed E-state index contributed by atoms with van der Waals surface area (Å²) in [5, 5.41) is 8.16. The minimum Gasteiger partial charge on any atom is -0.344 e. The Kier molecular flexibility index (Phi) is 3.26. The quantitative estimate of drug-likeness (QED) is 0.669. The third-order valence-electron chi connectivity index (χ3n) is 2.13. The molecule has 3 nitrogen and oxygen atoms in total. The number of aryl methyl sites for hydroxylation is 1. The first-order valence-corrected chi connectivity index (χ1v) is 6.02. The largest absolute Gasteiger partial charge is 0.344 e. The molecule has 16 heavy (non-hydrogen) atoms. The van der Waals surface area contributed by atoms with Gasteiger partial charge in [0.1, 0.15) is 10.7 Å². The summed E-state index contributed by atoms with van der Waals surface area (Å²) in [6.07, 6.45) is 0. The Morgan fingerprint density at radius 1 is 1.31 bits per heavy atom. The van der Waals surface area contributed by atoms with Gasteiger partial charge < -0.3 is 5.32 Å². The molecule has 0 bridgehead atoms. The summed E-state index contributed by atoms with van der Waals surface area (Å²) in [6, 6.07) is 8.16. The van der Waals surface area contributed by atoms with Gasteiger partial charge in [-0.2, -0.15) is 0 Å². The highest BCUT2D eigenvalue weighted by Crippen LogP contribution is 2.23. The highest BCUT2D eigenvalue weighted by Gasteiger charge is 2.09. The van der Waals surface area contributed by atoms with Crippen LogP contribution >= 0.6 is 23.8 Å². The number of benzene rings is 1. The molecule has 0 unspecified atom stereocenters. The zero-order valence-corrected chi connectivity index (χ0v) is 10.7. The van der Waals surface area contributed by atoms with Crippen molar-refractivity contribution in [2.45, 2.75) is 13.8 Å². The lowest BCUT2D eigenvalue weighted by Gasteiger charge is -2.04. The Labute approximate surface area is 104 Å². The second kappa shape index (κ2) is 4.67. The van der Waals surface area contributed by atoms with Crippen molar-refractivity contribution < 1.29 is 0 Å². The van der Waals surface area contributed by atoms with Crippen LogP contribution in [0.15, 0.2) is 24.3 Å². The molecule has 1 heterocycles. The molecule has 2 rings (SSSR count). The van der Waals surface area contributed by atoms with E-state index in [1.165, 1.54) is 17.1 Å². The first-order valence-electron chi connectivity index (χ1n) is 4.84. The maximum Gasteiger partial charge on any atom is 0.143 e. The first kappa shape index (κ1) is 11.2. The minimum atomic E-state index is 0.753. The van der Waals surface area contributed by atoms with Crippen molar-refractivity contribution in [3.8, 4) is 0 Å². The average molecular weight is 249 g/mol. The smallest absolute Gasteiger partial charge is 0.143 e. The van der Waals surface area contributed by atoms with Crippen LogP contribution in [0.5, 0.6) is 0 Å². The van der Waals surface area contributed by atoms with E-state index in [9.17, 15) is 0 Å². The van der Waals surface area contributed by atoms with E-state index < -0.39 is 0 Å². The van der Waals surface area contributed by atoms with E-state index in [1.807, 2.05) is 19.1 Å². The van der Waals surface area contributed by atoms with Crippen molar-refractivity contribution in [1.29, 1.82) is 0 Å². The summed E-state index contributed by atoms with van der Waals surface area (Å²) in [6.45, 7) is 3.91. The summed E-state index contributed by atoms with van der Waals surface area (Å²) < 4.78 is 3.90. The Morgan fingerprint density at radius 3 is 2.62 bits per heavy atom. The second-order valence-corrected chi connectivity index (χ2v) is 4.86. The standard InChI is InChI=1S/C11H11N3S2/c1-7-3-5-9(6-4-7)12-11-10(8(2)15)13-14-16-11/h3-6,12H,1-2H3. The lowest BCUT2D eigenvalue weighted by atomic mass is 10.2. The van der Waals surface area contributed by atoms with Crippen molar-refractivity contribution in [3.63, 3.8) is 0 Å². The van der Waals surface area contributed by atoms with Crippen LogP contribution in [-0.2, 0) is 0 Å². The van der Waals surface area contributed by atoms with Gasteiger partial charge in [-0.05, 0) is 26.0 Å². The van der Waals surface area contributed by atoms with E-state index in [0.717, 1.165) is 21.2 Å². The highest BCUT2D eigenvalue weighted by atomic mass is 32.1. The molecular formula is C11H11N3S2. The second-order valence-electron chi connectivity index (χ2n) is 3.50. The van der Waals surface area contributed by atoms with Gasteiger partial charge in [-0.3, -0.25) is 0 Å². The summed E-state index contributed by atoms with van der Waals surface area (Å²) >= 11 is 6.42. The van der Waals surface area contributed by atoms with Crippen molar-refractivity contribution in [1.82, 2.24) is 9.59 Å². The van der Waals surface area contributed by atoms with Crippen LogP contribution < -0.4 is 5.32 Å². The number of hydrogen-bond donors (Lipinski definition) is 1. The Hall–Kier alpha value is -1.33. The van der Waals surface area contributed by atoms with E-state index in [0.29, 0.717) is 0 Å². The molecular weight excluding hydrogens is 238 g/mol. The molecule has 0 aliphatic heterocycles. The van der Waals surface area contributed by atoms with Gasteiger partial charge in [0.2, 0.25) is 0 Å². The Morgan fingerprint density at radius 2 is 2.00 bits per heavy atom. The molecule has 0 spiro atoms. The molecule has 0 aliphatic rings. The third-order valence-corrected chi connectivity index (χ3v) is 2.97. The molecule has 2 aromatic rings. The van der Waals surface area contributed by atoms with Crippen LogP contribution in [-0.4, -0.2) is 14.5 Å². The molecule has 1 aromatic carbocycles. The van der Waals surface area contributed by atoms with Crippen LogP contribution in [0.3, 0.4) is 0 Å². The van der Waals surface area contributed by atoms with Gasteiger partial charge in [-0.1, -0.05) is 34.4 Å². The molecule has 0 radical (unpaired) electrons. The predicted octanol–water partition coefficient (Wildman–Crippen LogP) is 3.33. The van der Waals surface area contributed by atoms with Gasteiger partial charge in [0, 0.05) is 22.1 Å². The van der Waals surface area contributed by atoms with Crippen molar-refractivity contribution >= 4 is 39.3 Å². The van der Waals surface area contributed by atoms with Gasteiger partial charge >= 0.3 is 0 Å². The van der Waals surface area contributed by atoms with E-state index in [2.05, 4.69) is 34.0 Å². The Bertz CT molecular complexity index is 502. The van der Waals surface area contributed by atoms with Crippen molar-refractivity contribution in [2.75, 3.05) is 5.32 Å². The van der Waals surface area contributed by atoms with Crippen LogP contribution in [0.4, 0.5) is 10.7 Å². The summed E-state index contributed by atoms with van der Waals surface area (Å²) in [5.74, 6) is 0. The molecule has 0 fully saturated rings. The summed E-state index contributed by atoms with van der Waals surface area (Å²) in [5.41, 5.74) is 3.02. The molecule has 0 saturated heterocycles. The monoisotopic (exact) mass is 249 g/mol. The lowest BCUT2D eigenvalue weighted by Crippen LogP contribution is -1.97. The normalized spacial score (nSPS) is 10.1. The molecule has 1 aromatic heterocycles. The molecule has 5 heteroatoms. The van der Waals surface area contributed by atoms with Crippen LogP contribution in [0, 0.1) is 6.92 Å². The van der Waals surface area contributed by atoms with Gasteiger partial charge in [-0.15, -0.1) is 5.10 Å². The number of hydrogen-bond acceptors (Lipinski definition) is 5. The van der Waals surface area contributed by atoms with E-state index in [1.54, 1.807) is 0 Å². The minimum absolute atomic E-state index is 0.753. The number of nitrogens with one attached hydrogen (secondary N) is 1. The maximum atomic E-state index is 5.10. The van der Waals surface area contributed by atoms with Crippen molar-refractivity contribution in [2.24, 2.45) is 0 Å². The number of anilines is 2. The zero-order chi connectivity index (χ0) is 11.5. The van der Waals surface area contributed by atoms with E-state index >= 15 is 0 Å². The number of thiocarbonyl (C=S) groups is 1. The molecule has 0 amide bonds. The van der Waals surface area contributed by atoms with Gasteiger partial charge in [0.15, 0.2) is 0 Å². The molecule has 0 aliphatic carbocycles. The SMILES string of the molecule is CC(=S)c1nnsc1Nc1ccc(C)cc1. The zero-order valence-electron chi connectivity index (χ0n) is 9.02. The number of nitrogens with zero attached hydrogens (tertiary/aromatic N) is 2. The molecule has 82 valence electrons. The molecule has 0 atom stereocenters. The van der Waals surface area contributed by atoms with E-state index in [-0.39, 0.29) is 0 Å². The van der Waals surface area contributed by atoms with Gasteiger partial charge in [-0.25, -0.2) is 0 Å². The van der Waals surface area contributed by atoms with Crippen molar-refractivity contribution in [3.05, 3.63) is 35.5 Å². The van der Waals surface area contributed by atoms with Crippen LogP contribution in [0.1, 0.15) is 18.2 Å².